The van der Waals surface area contributed by atoms with E-state index in [1.54, 1.807) is 0 Å². The summed E-state index contributed by atoms with van der Waals surface area (Å²) in [7, 11) is 0. The highest BCUT2D eigenvalue weighted by Gasteiger charge is 2.06. The highest BCUT2D eigenvalue weighted by atomic mass is 19.1. The molecule has 0 aliphatic heterocycles. The van der Waals surface area contributed by atoms with E-state index in [2.05, 4.69) is 46.6 Å². The molecule has 1 heterocycles. The SMILES string of the molecule is CCCNc1ncc(F)c(NCCc2ccccc2C)n1. The third-order valence-electron chi connectivity index (χ3n) is 3.23. The number of hydrogen-bond donors (Lipinski definition) is 2. The van der Waals surface area contributed by atoms with E-state index in [-0.39, 0.29) is 5.82 Å². The first-order chi connectivity index (χ1) is 10.2. The molecule has 0 saturated heterocycles. The Hall–Kier alpha value is -2.17. The number of nitrogens with one attached hydrogen (secondary N) is 2. The highest BCUT2D eigenvalue weighted by Crippen LogP contribution is 2.13. The van der Waals surface area contributed by atoms with Crippen molar-refractivity contribution in [2.75, 3.05) is 23.7 Å². The molecule has 2 rings (SSSR count). The first-order valence-electron chi connectivity index (χ1n) is 7.25. The summed E-state index contributed by atoms with van der Waals surface area (Å²) in [5.41, 5.74) is 2.50. The van der Waals surface area contributed by atoms with Crippen LogP contribution in [0.5, 0.6) is 0 Å². The maximum absolute atomic E-state index is 13.7. The third kappa shape index (κ3) is 4.41. The van der Waals surface area contributed by atoms with Crippen LogP contribution in [0.4, 0.5) is 16.2 Å². The van der Waals surface area contributed by atoms with E-state index in [0.29, 0.717) is 12.5 Å². The number of anilines is 2. The molecule has 0 fully saturated rings. The van der Waals surface area contributed by atoms with E-state index >= 15 is 0 Å². The normalized spacial score (nSPS) is 10.4. The van der Waals surface area contributed by atoms with Crippen molar-refractivity contribution in [2.45, 2.75) is 26.7 Å². The summed E-state index contributed by atoms with van der Waals surface area (Å²) in [6.07, 6.45) is 2.99. The third-order valence-corrected chi connectivity index (χ3v) is 3.23. The van der Waals surface area contributed by atoms with E-state index in [1.165, 1.54) is 17.3 Å². The van der Waals surface area contributed by atoms with Gasteiger partial charge in [-0.05, 0) is 30.9 Å². The number of rotatable bonds is 7. The van der Waals surface area contributed by atoms with Crippen LogP contribution < -0.4 is 10.6 Å². The van der Waals surface area contributed by atoms with Crippen molar-refractivity contribution < 1.29 is 4.39 Å². The van der Waals surface area contributed by atoms with Gasteiger partial charge in [-0.2, -0.15) is 4.98 Å². The molecule has 1 aromatic carbocycles. The Morgan fingerprint density at radius 2 is 1.95 bits per heavy atom. The summed E-state index contributed by atoms with van der Waals surface area (Å²) in [5, 5.41) is 6.09. The molecule has 0 bridgehead atoms. The summed E-state index contributed by atoms with van der Waals surface area (Å²) in [6.45, 7) is 5.53. The van der Waals surface area contributed by atoms with E-state index in [9.17, 15) is 4.39 Å². The van der Waals surface area contributed by atoms with Gasteiger partial charge in [-0.15, -0.1) is 0 Å². The average molecular weight is 288 g/mol. The molecule has 0 spiro atoms. The average Bonchev–Trinajstić information content (AvgIpc) is 2.49. The number of hydrogen-bond acceptors (Lipinski definition) is 4. The molecule has 0 saturated carbocycles. The predicted octanol–water partition coefficient (Wildman–Crippen LogP) is 3.40. The summed E-state index contributed by atoms with van der Waals surface area (Å²) in [6, 6.07) is 8.19. The van der Waals surface area contributed by atoms with Crippen LogP contribution in [-0.2, 0) is 6.42 Å². The van der Waals surface area contributed by atoms with E-state index < -0.39 is 5.82 Å². The standard InChI is InChI=1S/C16H21FN4/c1-3-9-19-16-20-11-14(17)15(21-16)18-10-8-13-7-5-4-6-12(13)2/h4-7,11H,3,8-10H2,1-2H3,(H2,18,19,20,21). The predicted molar refractivity (Wildman–Crippen MR) is 84.1 cm³/mol. The van der Waals surface area contributed by atoms with Crippen molar-refractivity contribution >= 4 is 11.8 Å². The van der Waals surface area contributed by atoms with E-state index in [0.717, 1.165) is 19.4 Å². The molecule has 0 aliphatic rings. The Morgan fingerprint density at radius 1 is 1.14 bits per heavy atom. The second-order valence-electron chi connectivity index (χ2n) is 4.92. The number of benzene rings is 1. The van der Waals surface area contributed by atoms with Gasteiger partial charge in [0.25, 0.3) is 0 Å². The van der Waals surface area contributed by atoms with Gasteiger partial charge in [0.1, 0.15) is 0 Å². The van der Waals surface area contributed by atoms with Crippen LogP contribution in [0.1, 0.15) is 24.5 Å². The topological polar surface area (TPSA) is 49.8 Å². The van der Waals surface area contributed by atoms with E-state index in [1.807, 2.05) is 12.1 Å². The molecule has 0 unspecified atom stereocenters. The lowest BCUT2D eigenvalue weighted by atomic mass is 10.1. The fourth-order valence-corrected chi connectivity index (χ4v) is 2.02. The summed E-state index contributed by atoms with van der Waals surface area (Å²) >= 11 is 0. The molecule has 4 nitrogen and oxygen atoms in total. The minimum absolute atomic E-state index is 0.247. The van der Waals surface area contributed by atoms with Gasteiger partial charge in [-0.3, -0.25) is 0 Å². The number of aryl methyl sites for hydroxylation is 1. The van der Waals surface area contributed by atoms with Crippen LogP contribution in [0.2, 0.25) is 0 Å². The molecule has 1 aromatic heterocycles. The minimum Gasteiger partial charge on any atom is -0.367 e. The Bertz CT molecular complexity index is 586. The van der Waals surface area contributed by atoms with Gasteiger partial charge in [0.2, 0.25) is 5.95 Å². The van der Waals surface area contributed by atoms with Crippen molar-refractivity contribution in [3.63, 3.8) is 0 Å². The first kappa shape index (κ1) is 15.2. The van der Waals surface area contributed by atoms with Gasteiger partial charge < -0.3 is 10.6 Å². The molecule has 5 heteroatoms. The first-order valence-corrected chi connectivity index (χ1v) is 7.25. The van der Waals surface area contributed by atoms with Gasteiger partial charge >= 0.3 is 0 Å². The second-order valence-corrected chi connectivity index (χ2v) is 4.92. The Labute approximate surface area is 124 Å². The lowest BCUT2D eigenvalue weighted by Crippen LogP contribution is -2.11. The van der Waals surface area contributed by atoms with Crippen LogP contribution in [0.25, 0.3) is 0 Å². The molecular formula is C16H21FN4. The zero-order valence-electron chi connectivity index (χ0n) is 12.5. The highest BCUT2D eigenvalue weighted by molar-refractivity contribution is 5.41. The number of nitrogens with zero attached hydrogens (tertiary/aromatic N) is 2. The zero-order valence-corrected chi connectivity index (χ0v) is 12.5. The summed E-state index contributed by atoms with van der Waals surface area (Å²) in [5.74, 6) is 0.274. The molecule has 2 N–H and O–H groups in total. The smallest absolute Gasteiger partial charge is 0.224 e. The van der Waals surface area contributed by atoms with Crippen molar-refractivity contribution in [2.24, 2.45) is 0 Å². The molecule has 112 valence electrons. The van der Waals surface area contributed by atoms with Crippen molar-refractivity contribution in [3.8, 4) is 0 Å². The molecule has 21 heavy (non-hydrogen) atoms. The molecular weight excluding hydrogens is 267 g/mol. The summed E-state index contributed by atoms with van der Waals surface area (Å²) in [4.78, 5) is 8.07. The number of halogens is 1. The van der Waals surface area contributed by atoms with Crippen LogP contribution in [0.15, 0.2) is 30.5 Å². The monoisotopic (exact) mass is 288 g/mol. The van der Waals surface area contributed by atoms with Crippen LogP contribution in [0, 0.1) is 12.7 Å². The van der Waals surface area contributed by atoms with Crippen LogP contribution >= 0.6 is 0 Å². The largest absolute Gasteiger partial charge is 0.367 e. The molecule has 2 aromatic rings. The quantitative estimate of drug-likeness (QED) is 0.820. The van der Waals surface area contributed by atoms with Crippen LogP contribution in [0.3, 0.4) is 0 Å². The van der Waals surface area contributed by atoms with Gasteiger partial charge in [0.05, 0.1) is 6.20 Å². The van der Waals surface area contributed by atoms with Crippen molar-refractivity contribution in [1.82, 2.24) is 9.97 Å². The van der Waals surface area contributed by atoms with Gasteiger partial charge in [-0.25, -0.2) is 9.37 Å². The maximum atomic E-state index is 13.7. The fourth-order valence-electron chi connectivity index (χ4n) is 2.02. The van der Waals surface area contributed by atoms with E-state index in [4.69, 9.17) is 0 Å². The Morgan fingerprint density at radius 3 is 2.71 bits per heavy atom. The molecule has 0 amide bonds. The molecule has 0 aliphatic carbocycles. The second kappa shape index (κ2) is 7.57. The zero-order chi connectivity index (χ0) is 15.1. The summed E-state index contributed by atoms with van der Waals surface area (Å²) < 4.78 is 13.7. The molecule has 0 radical (unpaired) electrons. The fraction of sp³-hybridized carbons (Fsp3) is 0.375. The van der Waals surface area contributed by atoms with Gasteiger partial charge in [0.15, 0.2) is 11.6 Å². The van der Waals surface area contributed by atoms with Crippen molar-refractivity contribution in [1.29, 1.82) is 0 Å². The Kier molecular flexibility index (Phi) is 5.49. The lowest BCUT2D eigenvalue weighted by Gasteiger charge is -2.10. The molecule has 0 atom stereocenters. The van der Waals surface area contributed by atoms with Gasteiger partial charge in [-0.1, -0.05) is 31.2 Å². The minimum atomic E-state index is -0.429. The maximum Gasteiger partial charge on any atom is 0.224 e. The van der Waals surface area contributed by atoms with Gasteiger partial charge in [0, 0.05) is 13.1 Å². The van der Waals surface area contributed by atoms with Crippen LogP contribution in [-0.4, -0.2) is 23.1 Å². The Balaban J connectivity index is 1.94. The number of aromatic nitrogens is 2. The lowest BCUT2D eigenvalue weighted by molar-refractivity contribution is 0.617. The van der Waals surface area contributed by atoms with Crippen molar-refractivity contribution in [3.05, 3.63) is 47.4 Å².